The van der Waals surface area contributed by atoms with Crippen LogP contribution in [0.4, 0.5) is 0 Å². The first-order valence-electron chi connectivity index (χ1n) is 12.5. The normalized spacial score (nSPS) is 19.5. The number of aromatic hydroxyl groups is 2. The number of rotatable bonds is 4. The van der Waals surface area contributed by atoms with Crippen LogP contribution in [0.3, 0.4) is 0 Å². The first-order chi connectivity index (χ1) is 19.1. The Labute approximate surface area is 229 Å². The monoisotopic (exact) mass is 547 g/mol. The summed E-state index contributed by atoms with van der Waals surface area (Å²) in [4.78, 5) is 50.9. The maximum absolute atomic E-state index is 13.4. The number of benzene rings is 3. The van der Waals surface area contributed by atoms with E-state index in [9.17, 15) is 34.5 Å². The van der Waals surface area contributed by atoms with Crippen LogP contribution < -0.4 is 20.7 Å². The first kappa shape index (κ1) is 28.0. The molecule has 3 aromatic carbocycles. The van der Waals surface area contributed by atoms with E-state index in [-0.39, 0.29) is 36.5 Å². The smallest absolute Gasteiger partial charge is 0.326 e. The van der Waals surface area contributed by atoms with Crippen molar-refractivity contribution in [2.75, 3.05) is 0 Å². The molecule has 4 bridgehead atoms. The Morgan fingerprint density at radius 2 is 1.65 bits per heavy atom. The topological polar surface area (TPSA) is 174 Å². The van der Waals surface area contributed by atoms with Crippen molar-refractivity contribution < 1.29 is 39.2 Å². The molecule has 6 N–H and O–H groups in total. The van der Waals surface area contributed by atoms with Gasteiger partial charge in [-0.05, 0) is 53.1 Å². The van der Waals surface area contributed by atoms with Crippen LogP contribution in [0.25, 0.3) is 0 Å². The summed E-state index contributed by atoms with van der Waals surface area (Å²) >= 11 is 0. The molecule has 3 atom stereocenters. The van der Waals surface area contributed by atoms with Crippen LogP contribution in [0, 0.1) is 0 Å². The molecule has 0 spiro atoms. The minimum absolute atomic E-state index is 0.0103. The van der Waals surface area contributed by atoms with Gasteiger partial charge in [0.15, 0.2) is 11.5 Å². The second kappa shape index (κ2) is 12.2. The quantitative estimate of drug-likeness (QED) is 0.287. The highest BCUT2D eigenvalue weighted by molar-refractivity contribution is 5.93. The van der Waals surface area contributed by atoms with E-state index in [2.05, 4.69) is 16.0 Å². The van der Waals surface area contributed by atoms with E-state index in [1.165, 1.54) is 37.3 Å². The van der Waals surface area contributed by atoms with Crippen LogP contribution in [0.5, 0.6) is 23.0 Å². The summed E-state index contributed by atoms with van der Waals surface area (Å²) < 4.78 is 5.85. The lowest BCUT2D eigenvalue weighted by Crippen LogP contribution is -2.57. The Bertz CT molecular complexity index is 1420. The number of ether oxygens (including phenoxy) is 1. The van der Waals surface area contributed by atoms with Crippen LogP contribution in [-0.2, 0) is 38.4 Å². The van der Waals surface area contributed by atoms with Crippen molar-refractivity contribution in [3.8, 4) is 23.0 Å². The van der Waals surface area contributed by atoms with Crippen molar-refractivity contribution in [2.45, 2.75) is 44.3 Å². The Morgan fingerprint density at radius 1 is 0.925 bits per heavy atom. The van der Waals surface area contributed by atoms with Gasteiger partial charge in [-0.15, -0.1) is 0 Å². The summed E-state index contributed by atoms with van der Waals surface area (Å²) in [5.74, 6) is -2.88. The number of aliphatic carboxylic acids is 1. The summed E-state index contributed by atoms with van der Waals surface area (Å²) in [5, 5.41) is 37.6. The summed E-state index contributed by atoms with van der Waals surface area (Å²) in [6, 6.07) is 13.5. The highest BCUT2D eigenvalue weighted by Crippen LogP contribution is 2.32. The number of phenols is 2. The van der Waals surface area contributed by atoms with Gasteiger partial charge < -0.3 is 36.0 Å². The maximum Gasteiger partial charge on any atom is 0.326 e. The van der Waals surface area contributed by atoms with Gasteiger partial charge in [0.05, 0.1) is 0 Å². The molecule has 4 rings (SSSR count). The highest BCUT2D eigenvalue weighted by Gasteiger charge is 2.30. The van der Waals surface area contributed by atoms with E-state index in [0.717, 1.165) is 0 Å². The molecule has 0 saturated heterocycles. The molecule has 11 nitrogen and oxygen atoms in total. The van der Waals surface area contributed by atoms with Crippen molar-refractivity contribution in [2.24, 2.45) is 0 Å². The van der Waals surface area contributed by atoms with Gasteiger partial charge in [0.25, 0.3) is 0 Å². The van der Waals surface area contributed by atoms with Crippen LogP contribution in [0.15, 0.2) is 66.7 Å². The summed E-state index contributed by atoms with van der Waals surface area (Å²) in [6.45, 7) is 1.26. The number of carboxylic acid groups (broad SMARTS) is 1. The molecule has 3 aromatic rings. The molecule has 0 unspecified atom stereocenters. The molecule has 3 amide bonds. The predicted octanol–water partition coefficient (Wildman–Crippen LogP) is 1.79. The molecule has 0 radical (unpaired) electrons. The van der Waals surface area contributed by atoms with Gasteiger partial charge in [-0.2, -0.15) is 0 Å². The van der Waals surface area contributed by atoms with Gasteiger partial charge in [-0.3, -0.25) is 14.4 Å². The van der Waals surface area contributed by atoms with Gasteiger partial charge in [0.2, 0.25) is 17.7 Å². The maximum atomic E-state index is 13.4. The number of carbonyl (C=O) groups is 4. The first-order valence-corrected chi connectivity index (χ1v) is 12.5. The van der Waals surface area contributed by atoms with Gasteiger partial charge in [0, 0.05) is 26.2 Å². The third-order valence-electron chi connectivity index (χ3n) is 6.35. The second-order valence-electron chi connectivity index (χ2n) is 9.54. The number of amides is 3. The van der Waals surface area contributed by atoms with Crippen molar-refractivity contribution in [3.05, 3.63) is 83.4 Å². The Hall–Kier alpha value is -5.06. The van der Waals surface area contributed by atoms with Crippen LogP contribution >= 0.6 is 0 Å². The molecular weight excluding hydrogens is 518 g/mol. The number of nitrogens with one attached hydrogen (secondary N) is 3. The highest BCUT2D eigenvalue weighted by atomic mass is 16.5. The van der Waals surface area contributed by atoms with E-state index >= 15 is 0 Å². The molecule has 1 aliphatic heterocycles. The Morgan fingerprint density at radius 3 is 2.35 bits per heavy atom. The molecule has 0 fully saturated rings. The average Bonchev–Trinajstić information content (AvgIpc) is 2.90. The molecule has 0 aliphatic carbocycles. The lowest BCUT2D eigenvalue weighted by atomic mass is 10.0. The van der Waals surface area contributed by atoms with Crippen molar-refractivity contribution >= 4 is 23.7 Å². The molecule has 1 aliphatic rings. The fraction of sp³-hybridized carbons (Fsp3) is 0.241. The lowest BCUT2D eigenvalue weighted by molar-refractivity contribution is -0.142. The number of carboxylic acids is 1. The van der Waals surface area contributed by atoms with Gasteiger partial charge in [0.1, 0.15) is 29.6 Å². The standard InChI is InChI=1S/C29H29N3O8/c1-16(33)30-22-13-18-3-2-4-21(11-18)40-26-15-19(7-10-25(26)35)14-24(29(38)39)32-28(37)23(31-27(22)36)12-17-5-8-20(34)9-6-17/h2-11,15,22-24,34-35H,12-14H2,1H3,(H,30,33)(H,31,36)(H,32,37)(H,38,39)/t22-,23-,24-/m1/s1. The van der Waals surface area contributed by atoms with Gasteiger partial charge >= 0.3 is 5.97 Å². The number of fused-ring (bicyclic) bond motifs is 4. The van der Waals surface area contributed by atoms with Crippen LogP contribution in [-0.4, -0.2) is 57.1 Å². The van der Waals surface area contributed by atoms with E-state index in [1.54, 1.807) is 36.4 Å². The molecule has 1 heterocycles. The molecule has 208 valence electrons. The van der Waals surface area contributed by atoms with Crippen LogP contribution in [0.2, 0.25) is 0 Å². The van der Waals surface area contributed by atoms with Crippen molar-refractivity contribution in [1.82, 2.24) is 16.0 Å². The number of hydrogen-bond donors (Lipinski definition) is 6. The number of hydrogen-bond acceptors (Lipinski definition) is 7. The van der Waals surface area contributed by atoms with Gasteiger partial charge in [-0.25, -0.2) is 4.79 Å². The largest absolute Gasteiger partial charge is 0.508 e. The van der Waals surface area contributed by atoms with Crippen molar-refractivity contribution in [3.63, 3.8) is 0 Å². The zero-order valence-corrected chi connectivity index (χ0v) is 21.6. The fourth-order valence-electron chi connectivity index (χ4n) is 4.38. The van der Waals surface area contributed by atoms with E-state index in [4.69, 9.17) is 4.74 Å². The number of carbonyl (C=O) groups excluding carboxylic acids is 3. The zero-order valence-electron chi connectivity index (χ0n) is 21.6. The SMILES string of the molecule is CC(=O)N[C@@H]1Cc2cccc(c2)Oc2cc(ccc2O)C[C@H](C(=O)O)NC(=O)[C@@H](Cc2ccc(O)cc2)NC1=O. The summed E-state index contributed by atoms with van der Waals surface area (Å²) in [5.41, 5.74) is 1.72. The van der Waals surface area contributed by atoms with E-state index in [0.29, 0.717) is 22.4 Å². The fourth-order valence-corrected chi connectivity index (χ4v) is 4.38. The lowest BCUT2D eigenvalue weighted by Gasteiger charge is -2.25. The Kier molecular flexibility index (Phi) is 8.53. The minimum atomic E-state index is -1.37. The second-order valence-corrected chi connectivity index (χ2v) is 9.54. The Balaban J connectivity index is 1.75. The average molecular weight is 548 g/mol. The van der Waals surface area contributed by atoms with Crippen LogP contribution in [0.1, 0.15) is 23.6 Å². The third kappa shape index (κ3) is 7.28. The summed E-state index contributed by atoms with van der Waals surface area (Å²) in [6.07, 6.45) is -0.0876. The zero-order chi connectivity index (χ0) is 28.8. The minimum Gasteiger partial charge on any atom is -0.508 e. The van der Waals surface area contributed by atoms with Crippen molar-refractivity contribution in [1.29, 1.82) is 0 Å². The molecule has 0 aromatic heterocycles. The number of phenolic OH excluding ortho intramolecular Hbond substituents is 2. The molecule has 40 heavy (non-hydrogen) atoms. The molecule has 11 heteroatoms. The van der Waals surface area contributed by atoms with E-state index < -0.39 is 41.8 Å². The van der Waals surface area contributed by atoms with Gasteiger partial charge in [-0.1, -0.05) is 30.3 Å². The molecule has 0 saturated carbocycles. The van der Waals surface area contributed by atoms with E-state index in [1.807, 2.05) is 0 Å². The molecular formula is C29H29N3O8. The summed E-state index contributed by atoms with van der Waals surface area (Å²) in [7, 11) is 0. The third-order valence-corrected chi connectivity index (χ3v) is 6.35. The predicted molar refractivity (Wildman–Crippen MR) is 143 cm³/mol.